The van der Waals surface area contributed by atoms with Crippen molar-refractivity contribution in [3.8, 4) is 5.75 Å². The van der Waals surface area contributed by atoms with Crippen LogP contribution in [0.1, 0.15) is 58.9 Å². The van der Waals surface area contributed by atoms with Crippen LogP contribution < -0.4 is 4.74 Å². The van der Waals surface area contributed by atoms with Gasteiger partial charge in [0.25, 0.3) is 0 Å². The van der Waals surface area contributed by atoms with Gasteiger partial charge >= 0.3 is 0 Å². The number of hydrogen-bond acceptors (Lipinski definition) is 1. The summed E-state index contributed by atoms with van der Waals surface area (Å²) in [7, 11) is 0. The molecule has 0 spiro atoms. The summed E-state index contributed by atoms with van der Waals surface area (Å²) < 4.78 is 6.28. The molecule has 0 unspecified atom stereocenters. The van der Waals surface area contributed by atoms with Gasteiger partial charge in [-0.3, -0.25) is 0 Å². The van der Waals surface area contributed by atoms with Gasteiger partial charge in [-0.2, -0.15) is 0 Å². The molecule has 1 aliphatic carbocycles. The van der Waals surface area contributed by atoms with Crippen molar-refractivity contribution in [3.63, 3.8) is 0 Å². The van der Waals surface area contributed by atoms with Gasteiger partial charge in [0, 0.05) is 0 Å². The minimum Gasteiger partial charge on any atom is -0.490 e. The number of rotatable bonds is 3. The molecule has 1 fully saturated rings. The van der Waals surface area contributed by atoms with Crippen LogP contribution in [0.4, 0.5) is 0 Å². The first-order valence-corrected chi connectivity index (χ1v) is 9.15. The van der Waals surface area contributed by atoms with E-state index in [1.165, 1.54) is 42.0 Å². The zero-order valence-electron chi connectivity index (χ0n) is 15.1. The first-order chi connectivity index (χ1) is 11.0. The molecule has 0 aromatic heterocycles. The van der Waals surface area contributed by atoms with Gasteiger partial charge in [-0.1, -0.05) is 52.0 Å². The van der Waals surface area contributed by atoms with E-state index < -0.39 is 0 Å². The highest BCUT2D eigenvalue weighted by Gasteiger charge is 2.30. The summed E-state index contributed by atoms with van der Waals surface area (Å²) in [6.07, 6.45) is 6.44. The third kappa shape index (κ3) is 3.88. The molecule has 0 N–H and O–H groups in total. The van der Waals surface area contributed by atoms with Crippen molar-refractivity contribution in [2.45, 2.75) is 65.9 Å². The SMILES string of the molecule is CCc1ccc2cc(OC3CCC(C(C)(C)C)CC3)ccc2c1. The quantitative estimate of drug-likeness (QED) is 0.638. The fourth-order valence-corrected chi connectivity index (χ4v) is 3.81. The van der Waals surface area contributed by atoms with Gasteiger partial charge in [0.2, 0.25) is 0 Å². The Kier molecular flexibility index (Phi) is 4.66. The lowest BCUT2D eigenvalue weighted by Crippen LogP contribution is -2.30. The molecule has 2 aromatic carbocycles. The summed E-state index contributed by atoms with van der Waals surface area (Å²) in [5, 5.41) is 2.59. The van der Waals surface area contributed by atoms with E-state index in [0.29, 0.717) is 11.5 Å². The summed E-state index contributed by atoms with van der Waals surface area (Å²) in [4.78, 5) is 0. The summed E-state index contributed by atoms with van der Waals surface area (Å²) in [6.45, 7) is 9.30. The Bertz CT molecular complexity index is 657. The molecule has 1 nitrogen and oxygen atoms in total. The van der Waals surface area contributed by atoms with Crippen LogP contribution in [0.2, 0.25) is 0 Å². The molecule has 0 atom stereocenters. The summed E-state index contributed by atoms with van der Waals surface area (Å²) in [5.41, 5.74) is 1.83. The Hall–Kier alpha value is -1.50. The summed E-state index contributed by atoms with van der Waals surface area (Å²) in [6, 6.07) is 13.3. The third-order valence-corrected chi connectivity index (χ3v) is 5.49. The maximum absolute atomic E-state index is 6.28. The smallest absolute Gasteiger partial charge is 0.120 e. The Balaban J connectivity index is 1.66. The normalized spacial score (nSPS) is 22.3. The fraction of sp³-hybridized carbons (Fsp3) is 0.545. The van der Waals surface area contributed by atoms with Crippen LogP contribution in [-0.2, 0) is 6.42 Å². The van der Waals surface area contributed by atoms with E-state index in [9.17, 15) is 0 Å². The van der Waals surface area contributed by atoms with Crippen LogP contribution in [-0.4, -0.2) is 6.10 Å². The van der Waals surface area contributed by atoms with E-state index in [2.05, 4.69) is 64.1 Å². The van der Waals surface area contributed by atoms with Crippen LogP contribution in [0.25, 0.3) is 10.8 Å². The van der Waals surface area contributed by atoms with Crippen molar-refractivity contribution < 1.29 is 4.74 Å². The Morgan fingerprint density at radius 3 is 2.22 bits per heavy atom. The summed E-state index contributed by atoms with van der Waals surface area (Å²) in [5.74, 6) is 1.87. The van der Waals surface area contributed by atoms with Crippen LogP contribution in [0.15, 0.2) is 36.4 Å². The first kappa shape index (κ1) is 16.4. The second-order valence-corrected chi connectivity index (χ2v) is 8.15. The zero-order valence-corrected chi connectivity index (χ0v) is 15.1. The molecule has 0 radical (unpaired) electrons. The zero-order chi connectivity index (χ0) is 16.4. The highest BCUT2D eigenvalue weighted by atomic mass is 16.5. The molecule has 1 aliphatic rings. The van der Waals surface area contributed by atoms with Gasteiger partial charge in [-0.15, -0.1) is 0 Å². The topological polar surface area (TPSA) is 9.23 Å². The van der Waals surface area contributed by atoms with Gasteiger partial charge in [0.05, 0.1) is 6.10 Å². The average Bonchev–Trinajstić information content (AvgIpc) is 2.54. The molecule has 2 aromatic rings. The molecule has 0 saturated heterocycles. The van der Waals surface area contributed by atoms with Crippen molar-refractivity contribution in [1.29, 1.82) is 0 Å². The van der Waals surface area contributed by atoms with Gasteiger partial charge < -0.3 is 4.74 Å². The molecule has 124 valence electrons. The maximum atomic E-state index is 6.28. The van der Waals surface area contributed by atoms with Crippen LogP contribution in [0.5, 0.6) is 5.75 Å². The third-order valence-electron chi connectivity index (χ3n) is 5.49. The minimum atomic E-state index is 0.390. The van der Waals surface area contributed by atoms with Crippen LogP contribution in [0.3, 0.4) is 0 Å². The number of benzene rings is 2. The molecule has 23 heavy (non-hydrogen) atoms. The minimum absolute atomic E-state index is 0.390. The van der Waals surface area contributed by atoms with E-state index in [-0.39, 0.29) is 0 Å². The van der Waals surface area contributed by atoms with Gasteiger partial charge in [-0.25, -0.2) is 0 Å². The van der Waals surface area contributed by atoms with Gasteiger partial charge in [0.1, 0.15) is 5.75 Å². The van der Waals surface area contributed by atoms with E-state index in [4.69, 9.17) is 4.74 Å². The predicted molar refractivity (Wildman–Crippen MR) is 99.2 cm³/mol. The Morgan fingerprint density at radius 2 is 1.57 bits per heavy atom. The second kappa shape index (κ2) is 6.55. The molecule has 0 amide bonds. The lowest BCUT2D eigenvalue weighted by atomic mass is 9.72. The number of hydrogen-bond donors (Lipinski definition) is 0. The molecule has 0 bridgehead atoms. The Morgan fingerprint density at radius 1 is 0.913 bits per heavy atom. The maximum Gasteiger partial charge on any atom is 0.120 e. The van der Waals surface area contributed by atoms with Crippen molar-refractivity contribution in [3.05, 3.63) is 42.0 Å². The van der Waals surface area contributed by atoms with Crippen molar-refractivity contribution >= 4 is 10.8 Å². The van der Waals surface area contributed by atoms with Crippen LogP contribution in [0, 0.1) is 11.3 Å². The van der Waals surface area contributed by atoms with E-state index in [0.717, 1.165) is 18.1 Å². The van der Waals surface area contributed by atoms with Crippen molar-refractivity contribution in [1.82, 2.24) is 0 Å². The van der Waals surface area contributed by atoms with Crippen molar-refractivity contribution in [2.75, 3.05) is 0 Å². The second-order valence-electron chi connectivity index (χ2n) is 8.15. The highest BCUT2D eigenvalue weighted by molar-refractivity contribution is 5.84. The highest BCUT2D eigenvalue weighted by Crippen LogP contribution is 2.38. The molecule has 1 saturated carbocycles. The molecule has 1 heteroatoms. The lowest BCUT2D eigenvalue weighted by Gasteiger charge is -2.37. The molecule has 3 rings (SSSR count). The number of ether oxygens (including phenoxy) is 1. The molecular formula is C22H30O. The summed E-state index contributed by atoms with van der Waals surface area (Å²) >= 11 is 0. The Labute approximate surface area is 141 Å². The standard InChI is InChI=1S/C22H30O/c1-5-16-6-7-18-15-21(11-8-17(18)14-16)23-20-12-9-19(10-13-20)22(2,3)4/h6-8,11,14-15,19-20H,5,9-10,12-13H2,1-4H3. The van der Waals surface area contributed by atoms with Crippen LogP contribution >= 0.6 is 0 Å². The number of fused-ring (bicyclic) bond motifs is 1. The predicted octanol–water partition coefficient (Wildman–Crippen LogP) is 6.39. The van der Waals surface area contributed by atoms with Crippen molar-refractivity contribution in [2.24, 2.45) is 11.3 Å². The van der Waals surface area contributed by atoms with Gasteiger partial charge in [0.15, 0.2) is 0 Å². The van der Waals surface area contributed by atoms with E-state index in [1.807, 2.05) is 0 Å². The lowest BCUT2D eigenvalue weighted by molar-refractivity contribution is 0.0883. The molecule has 0 heterocycles. The molecule has 0 aliphatic heterocycles. The average molecular weight is 310 g/mol. The van der Waals surface area contributed by atoms with E-state index in [1.54, 1.807) is 0 Å². The fourth-order valence-electron chi connectivity index (χ4n) is 3.81. The first-order valence-electron chi connectivity index (χ1n) is 9.15. The number of aryl methyl sites for hydroxylation is 1. The largest absolute Gasteiger partial charge is 0.490 e. The van der Waals surface area contributed by atoms with E-state index >= 15 is 0 Å². The molecular weight excluding hydrogens is 280 g/mol. The van der Waals surface area contributed by atoms with Gasteiger partial charge in [-0.05, 0) is 71.9 Å². The monoisotopic (exact) mass is 310 g/mol.